The van der Waals surface area contributed by atoms with E-state index in [-0.39, 0.29) is 51.6 Å². The second-order valence-corrected chi connectivity index (χ2v) is 14.5. The molecule has 2 amide bonds. The molecule has 0 saturated heterocycles. The highest BCUT2D eigenvalue weighted by atomic mass is 32.2. The fraction of sp³-hybridized carbons (Fsp3) is 0.361. The van der Waals surface area contributed by atoms with Crippen molar-refractivity contribution in [3.63, 3.8) is 0 Å². The van der Waals surface area contributed by atoms with Crippen molar-refractivity contribution in [2.24, 2.45) is 5.92 Å². The van der Waals surface area contributed by atoms with E-state index < -0.39 is 51.4 Å². The Hall–Kier alpha value is -4.46. The number of carbonyl (C=O) groups is 2. The lowest BCUT2D eigenvalue weighted by Gasteiger charge is -2.30. The summed E-state index contributed by atoms with van der Waals surface area (Å²) in [5, 5.41) is 3.29. The van der Waals surface area contributed by atoms with Crippen LogP contribution in [0.15, 0.2) is 77.7 Å². The average Bonchev–Trinajstić information content (AvgIpc) is 3.06. The zero-order chi connectivity index (χ0) is 36.4. The maximum atomic E-state index is 13.5. The van der Waals surface area contributed by atoms with Gasteiger partial charge in [-0.3, -0.25) is 9.59 Å². The minimum atomic E-state index is -5.01. The number of amides is 2. The molecule has 266 valence electrons. The van der Waals surface area contributed by atoms with Gasteiger partial charge in [0.2, 0.25) is 5.91 Å². The second-order valence-electron chi connectivity index (χ2n) is 12.8. The molecule has 4 aromatic rings. The van der Waals surface area contributed by atoms with Crippen molar-refractivity contribution in [2.45, 2.75) is 81.6 Å². The largest absolute Gasteiger partial charge is 0.416 e. The number of nitrogens with one attached hydrogen (secondary N) is 2. The van der Waals surface area contributed by atoms with Crippen LogP contribution in [0.5, 0.6) is 0 Å². The van der Waals surface area contributed by atoms with Crippen molar-refractivity contribution in [3.8, 4) is 11.3 Å². The number of carbonyl (C=O) groups excluding carboxylic acids is 2. The van der Waals surface area contributed by atoms with Gasteiger partial charge in [0.25, 0.3) is 15.9 Å². The molecule has 1 aliphatic carbocycles. The van der Waals surface area contributed by atoms with Gasteiger partial charge in [0, 0.05) is 29.0 Å². The van der Waals surface area contributed by atoms with E-state index in [1.165, 1.54) is 42.5 Å². The Morgan fingerprint density at radius 3 is 2.02 bits per heavy atom. The summed E-state index contributed by atoms with van der Waals surface area (Å²) in [7, 11) is -4.16. The highest BCUT2D eigenvalue weighted by Crippen LogP contribution is 2.38. The Bertz CT molecular complexity index is 1960. The molecule has 7 nitrogen and oxygen atoms in total. The molecule has 0 radical (unpaired) electrons. The van der Waals surface area contributed by atoms with Crippen molar-refractivity contribution < 1.29 is 44.3 Å². The van der Waals surface area contributed by atoms with Gasteiger partial charge in [-0.05, 0) is 84.8 Å². The van der Waals surface area contributed by atoms with Gasteiger partial charge in [0.05, 0.1) is 27.2 Å². The number of halogens is 6. The summed E-state index contributed by atoms with van der Waals surface area (Å²) in [5.41, 5.74) is -2.09. The van der Waals surface area contributed by atoms with Crippen molar-refractivity contribution in [3.05, 3.63) is 95.1 Å². The first-order valence-corrected chi connectivity index (χ1v) is 17.6. The lowest BCUT2D eigenvalue weighted by molar-refractivity contribution is -0.143. The van der Waals surface area contributed by atoms with E-state index in [1.54, 1.807) is 12.1 Å². The summed E-state index contributed by atoms with van der Waals surface area (Å²) in [4.78, 5) is 30.8. The van der Waals surface area contributed by atoms with Gasteiger partial charge in [-0.25, -0.2) is 18.1 Å². The average molecular weight is 720 g/mol. The number of pyridine rings is 1. The number of hydrogen-bond acceptors (Lipinski definition) is 5. The van der Waals surface area contributed by atoms with Crippen LogP contribution in [-0.4, -0.2) is 31.3 Å². The van der Waals surface area contributed by atoms with Crippen LogP contribution in [0.2, 0.25) is 0 Å². The van der Waals surface area contributed by atoms with Crippen LogP contribution in [-0.2, 0) is 27.2 Å². The minimum absolute atomic E-state index is 0.0456. The van der Waals surface area contributed by atoms with Gasteiger partial charge in [-0.15, -0.1) is 0 Å². The van der Waals surface area contributed by atoms with E-state index in [0.717, 1.165) is 37.7 Å². The van der Waals surface area contributed by atoms with Crippen molar-refractivity contribution in [1.82, 2.24) is 15.0 Å². The zero-order valence-electron chi connectivity index (χ0n) is 27.2. The summed E-state index contributed by atoms with van der Waals surface area (Å²) in [5.74, 6) is -1.20. The van der Waals surface area contributed by atoms with Gasteiger partial charge < -0.3 is 5.32 Å². The van der Waals surface area contributed by atoms with Crippen LogP contribution in [0.1, 0.15) is 85.3 Å². The number of sulfonamides is 1. The number of benzene rings is 3. The highest BCUT2D eigenvalue weighted by Gasteiger charge is 2.37. The van der Waals surface area contributed by atoms with Crippen LogP contribution in [0.3, 0.4) is 0 Å². The fourth-order valence-corrected chi connectivity index (χ4v) is 7.13. The molecule has 1 fully saturated rings. The fourth-order valence-electron chi connectivity index (χ4n) is 6.14. The molecule has 0 spiro atoms. The Labute approximate surface area is 285 Å². The molecule has 14 heteroatoms. The van der Waals surface area contributed by atoms with E-state index in [1.807, 2.05) is 13.8 Å². The molecule has 1 aromatic heterocycles. The minimum Gasteiger partial charge on any atom is -0.349 e. The Morgan fingerprint density at radius 1 is 0.820 bits per heavy atom. The van der Waals surface area contributed by atoms with Gasteiger partial charge in [-0.1, -0.05) is 51.3 Å². The van der Waals surface area contributed by atoms with Crippen LogP contribution in [0.25, 0.3) is 22.2 Å². The lowest BCUT2D eigenvalue weighted by atomic mass is 9.82. The Balaban J connectivity index is 1.35. The summed E-state index contributed by atoms with van der Waals surface area (Å²) < 4.78 is 108. The SMILES string of the molecule is CC(C)c1ccc(S(=O)(=O)NC(=O)C[C@H](NC(=O)c2ccc3nc(-c4cc(C(F)(F)F)cc(C(F)(F)F)c4)ccc3c2)C2CCCCC2)cc1. The van der Waals surface area contributed by atoms with E-state index in [4.69, 9.17) is 0 Å². The highest BCUT2D eigenvalue weighted by molar-refractivity contribution is 7.90. The van der Waals surface area contributed by atoms with Crippen LogP contribution in [0.4, 0.5) is 26.3 Å². The second kappa shape index (κ2) is 14.4. The first-order chi connectivity index (χ1) is 23.4. The molecular formula is C36H35F6N3O4S. The molecule has 1 saturated carbocycles. The summed E-state index contributed by atoms with van der Waals surface area (Å²) >= 11 is 0. The van der Waals surface area contributed by atoms with Crippen LogP contribution >= 0.6 is 0 Å². The molecule has 1 heterocycles. The molecule has 2 N–H and O–H groups in total. The number of aromatic nitrogens is 1. The van der Waals surface area contributed by atoms with Gasteiger partial charge in [-0.2, -0.15) is 26.3 Å². The predicted molar refractivity (Wildman–Crippen MR) is 175 cm³/mol. The zero-order valence-corrected chi connectivity index (χ0v) is 28.0. The molecule has 0 bridgehead atoms. The maximum absolute atomic E-state index is 13.5. The summed E-state index contributed by atoms with van der Waals surface area (Å²) in [6.07, 6.45) is -6.07. The smallest absolute Gasteiger partial charge is 0.349 e. The normalized spacial score (nSPS) is 15.2. The van der Waals surface area contributed by atoms with Gasteiger partial charge in [0.1, 0.15) is 0 Å². The summed E-state index contributed by atoms with van der Waals surface area (Å²) in [6, 6.07) is 13.8. The van der Waals surface area contributed by atoms with E-state index in [2.05, 4.69) is 15.0 Å². The third kappa shape index (κ3) is 8.82. The predicted octanol–water partition coefficient (Wildman–Crippen LogP) is 8.64. The molecule has 1 aliphatic rings. The first kappa shape index (κ1) is 36.8. The van der Waals surface area contributed by atoms with Crippen molar-refractivity contribution in [1.29, 1.82) is 0 Å². The molecule has 3 aromatic carbocycles. The number of nitrogens with zero attached hydrogens (tertiary/aromatic N) is 1. The van der Waals surface area contributed by atoms with E-state index >= 15 is 0 Å². The molecule has 5 rings (SSSR count). The third-order valence-corrected chi connectivity index (χ3v) is 10.3. The van der Waals surface area contributed by atoms with E-state index in [9.17, 15) is 44.3 Å². The Morgan fingerprint density at radius 2 is 1.44 bits per heavy atom. The van der Waals surface area contributed by atoms with Crippen molar-refractivity contribution >= 4 is 32.7 Å². The maximum Gasteiger partial charge on any atom is 0.416 e. The van der Waals surface area contributed by atoms with Crippen molar-refractivity contribution in [2.75, 3.05) is 0 Å². The first-order valence-electron chi connectivity index (χ1n) is 16.1. The monoisotopic (exact) mass is 719 g/mol. The molecule has 50 heavy (non-hydrogen) atoms. The number of rotatable bonds is 9. The third-order valence-electron chi connectivity index (χ3n) is 8.88. The van der Waals surface area contributed by atoms with Crippen LogP contribution < -0.4 is 10.0 Å². The topological polar surface area (TPSA) is 105 Å². The van der Waals surface area contributed by atoms with Gasteiger partial charge in [0.15, 0.2) is 0 Å². The quantitative estimate of drug-likeness (QED) is 0.169. The van der Waals surface area contributed by atoms with Gasteiger partial charge >= 0.3 is 12.4 Å². The number of alkyl halides is 6. The van der Waals surface area contributed by atoms with Crippen LogP contribution in [0, 0.1) is 5.92 Å². The molecular weight excluding hydrogens is 684 g/mol. The molecule has 1 atom stereocenters. The Kier molecular flexibility index (Phi) is 10.6. The van der Waals surface area contributed by atoms with E-state index in [0.29, 0.717) is 17.5 Å². The summed E-state index contributed by atoms with van der Waals surface area (Å²) in [6.45, 7) is 3.94. The number of fused-ring (bicyclic) bond motifs is 1. The molecule has 0 aliphatic heterocycles. The molecule has 0 unspecified atom stereocenters. The lowest BCUT2D eigenvalue weighted by Crippen LogP contribution is -2.45. The number of hydrogen-bond donors (Lipinski definition) is 2. The standard InChI is InChI=1S/C36H35F6N3O4S/c1-21(2)22-8-12-29(13-9-22)50(48,49)45-33(46)20-32(23-6-4-3-5-7-23)44-34(47)25-11-15-30-24(16-25)10-14-31(43-30)26-17-27(35(37,38)39)19-28(18-26)36(40,41)42/h8-19,21,23,32H,3-7,20H2,1-2H3,(H,44,47)(H,45,46)/t32-/m0/s1.